The zero-order valence-electron chi connectivity index (χ0n) is 20.5. The standard InChI is InChI=1S/C27H20F2N8O3/c28-27(29)23-17(25(39)36-27)6-7-21(34-23)33-22-12-19(32-20(14-38)15-4-2-1-3-5-15)18(13-31-22)26-35-24(37-40-26)16-8-10-30-11-9-16/h1-13,20,38H,14H2,(H,36,39)(H2,31,32,33,34)/t20-/m1/s1. The molecule has 0 unspecified atom stereocenters. The maximum Gasteiger partial charge on any atom is 0.370 e. The number of hydrogen-bond acceptors (Lipinski definition) is 10. The summed E-state index contributed by atoms with van der Waals surface area (Å²) in [5, 5.41) is 22.0. The molecule has 0 saturated carbocycles. The number of amides is 1. The van der Waals surface area contributed by atoms with E-state index in [1.165, 1.54) is 18.3 Å². The smallest absolute Gasteiger partial charge is 0.370 e. The highest BCUT2D eigenvalue weighted by molar-refractivity contribution is 5.99. The maximum atomic E-state index is 14.2. The third kappa shape index (κ3) is 4.80. The van der Waals surface area contributed by atoms with Gasteiger partial charge >= 0.3 is 6.05 Å². The maximum absolute atomic E-state index is 14.2. The fraction of sp³-hybridized carbons (Fsp3) is 0.111. The van der Waals surface area contributed by atoms with Crippen molar-refractivity contribution in [1.29, 1.82) is 0 Å². The molecular formula is C27H20F2N8O3. The van der Waals surface area contributed by atoms with Gasteiger partial charge in [0.1, 0.15) is 17.3 Å². The molecule has 5 heterocycles. The molecule has 4 aromatic heterocycles. The van der Waals surface area contributed by atoms with Crippen molar-refractivity contribution < 1.29 is 23.2 Å². The molecule has 0 fully saturated rings. The van der Waals surface area contributed by atoms with E-state index in [0.717, 1.165) is 5.56 Å². The highest BCUT2D eigenvalue weighted by Gasteiger charge is 2.45. The second kappa shape index (κ2) is 10.1. The summed E-state index contributed by atoms with van der Waals surface area (Å²) in [5.41, 5.74) is 1.57. The summed E-state index contributed by atoms with van der Waals surface area (Å²) in [4.78, 5) is 28.6. The van der Waals surface area contributed by atoms with Gasteiger partial charge in [0.05, 0.1) is 29.5 Å². The monoisotopic (exact) mass is 542 g/mol. The van der Waals surface area contributed by atoms with Crippen molar-refractivity contribution in [3.63, 3.8) is 0 Å². The van der Waals surface area contributed by atoms with Crippen LogP contribution in [0.15, 0.2) is 83.8 Å². The van der Waals surface area contributed by atoms with Gasteiger partial charge in [-0.2, -0.15) is 13.8 Å². The van der Waals surface area contributed by atoms with Crippen LogP contribution in [0.25, 0.3) is 22.8 Å². The van der Waals surface area contributed by atoms with Crippen LogP contribution in [0.3, 0.4) is 0 Å². The highest BCUT2D eigenvalue weighted by atomic mass is 19.3. The number of anilines is 3. The van der Waals surface area contributed by atoms with Gasteiger partial charge in [-0.05, 0) is 29.8 Å². The Balaban J connectivity index is 1.36. The molecule has 0 spiro atoms. The molecule has 1 aliphatic heterocycles. The molecule has 6 rings (SSSR count). The Labute approximate surface area is 225 Å². The number of aromatic nitrogens is 5. The molecule has 1 aromatic carbocycles. The van der Waals surface area contributed by atoms with Gasteiger partial charge in [0, 0.05) is 30.2 Å². The minimum absolute atomic E-state index is 0.0562. The summed E-state index contributed by atoms with van der Waals surface area (Å²) in [6.07, 6.45) is 4.70. The Morgan fingerprint density at radius 2 is 1.80 bits per heavy atom. The molecule has 0 radical (unpaired) electrons. The lowest BCUT2D eigenvalue weighted by Crippen LogP contribution is -2.30. The Kier molecular flexibility index (Phi) is 6.32. The number of benzene rings is 1. The highest BCUT2D eigenvalue weighted by Crippen LogP contribution is 2.35. The number of nitrogens with zero attached hydrogens (tertiary/aromatic N) is 5. The quantitative estimate of drug-likeness (QED) is 0.209. The molecule has 11 nitrogen and oxygen atoms in total. The second-order valence-corrected chi connectivity index (χ2v) is 8.81. The van der Waals surface area contributed by atoms with Crippen LogP contribution in [0.2, 0.25) is 0 Å². The zero-order chi connectivity index (χ0) is 27.7. The fourth-order valence-corrected chi connectivity index (χ4v) is 4.22. The van der Waals surface area contributed by atoms with Gasteiger partial charge in [-0.1, -0.05) is 35.5 Å². The molecule has 0 bridgehead atoms. The molecule has 200 valence electrons. The van der Waals surface area contributed by atoms with E-state index in [4.69, 9.17) is 4.52 Å². The number of hydrogen-bond donors (Lipinski definition) is 4. The zero-order valence-corrected chi connectivity index (χ0v) is 20.5. The number of carbonyl (C=O) groups excluding carboxylic acids is 1. The molecule has 1 atom stereocenters. The molecule has 5 aromatic rings. The first-order valence-corrected chi connectivity index (χ1v) is 12.1. The third-order valence-corrected chi connectivity index (χ3v) is 6.18. The summed E-state index contributed by atoms with van der Waals surface area (Å²) in [5.74, 6) is -0.0787. The molecule has 0 saturated heterocycles. The van der Waals surface area contributed by atoms with E-state index < -0.39 is 23.7 Å². The minimum Gasteiger partial charge on any atom is -0.394 e. The number of rotatable bonds is 8. The van der Waals surface area contributed by atoms with Crippen molar-refractivity contribution in [3.8, 4) is 22.8 Å². The number of aliphatic hydroxyl groups is 1. The van der Waals surface area contributed by atoms with Gasteiger partial charge in [-0.3, -0.25) is 15.1 Å². The third-order valence-electron chi connectivity index (χ3n) is 6.18. The summed E-state index contributed by atoms with van der Waals surface area (Å²) in [7, 11) is 0. The van der Waals surface area contributed by atoms with Gasteiger partial charge < -0.3 is 20.3 Å². The normalized spacial score (nSPS) is 14.3. The predicted octanol–water partition coefficient (Wildman–Crippen LogP) is 4.27. The Morgan fingerprint density at radius 1 is 1.00 bits per heavy atom. The Hall–Kier alpha value is -5.30. The summed E-state index contributed by atoms with van der Waals surface area (Å²) < 4.78 is 33.9. The van der Waals surface area contributed by atoms with Crippen LogP contribution >= 0.6 is 0 Å². The van der Waals surface area contributed by atoms with Gasteiger partial charge in [0.2, 0.25) is 5.82 Å². The first-order chi connectivity index (χ1) is 19.4. The van der Waals surface area contributed by atoms with Crippen molar-refractivity contribution in [2.75, 3.05) is 17.2 Å². The van der Waals surface area contributed by atoms with Gasteiger partial charge in [-0.15, -0.1) is 0 Å². The van der Waals surface area contributed by atoms with E-state index in [-0.39, 0.29) is 29.7 Å². The lowest BCUT2D eigenvalue weighted by atomic mass is 10.1. The number of nitrogens with one attached hydrogen (secondary N) is 3. The Morgan fingerprint density at radius 3 is 2.58 bits per heavy atom. The van der Waals surface area contributed by atoms with Crippen LogP contribution in [0.1, 0.15) is 27.7 Å². The lowest BCUT2D eigenvalue weighted by molar-refractivity contribution is -0.0278. The molecular weight excluding hydrogens is 522 g/mol. The predicted molar refractivity (Wildman–Crippen MR) is 140 cm³/mol. The molecule has 13 heteroatoms. The summed E-state index contributed by atoms with van der Waals surface area (Å²) in [6.45, 7) is -0.233. The number of alkyl halides is 2. The van der Waals surface area contributed by atoms with Crippen LogP contribution in [0.5, 0.6) is 0 Å². The van der Waals surface area contributed by atoms with E-state index in [1.54, 1.807) is 35.9 Å². The van der Waals surface area contributed by atoms with Crippen molar-refractivity contribution in [2.45, 2.75) is 12.1 Å². The van der Waals surface area contributed by atoms with Crippen LogP contribution in [-0.2, 0) is 6.05 Å². The van der Waals surface area contributed by atoms with Crippen LogP contribution < -0.4 is 16.0 Å². The first-order valence-electron chi connectivity index (χ1n) is 12.1. The second-order valence-electron chi connectivity index (χ2n) is 8.81. The molecule has 0 aliphatic carbocycles. The van der Waals surface area contributed by atoms with Crippen molar-refractivity contribution in [3.05, 3.63) is 96.1 Å². The van der Waals surface area contributed by atoms with Gasteiger partial charge in [-0.25, -0.2) is 9.97 Å². The molecule has 40 heavy (non-hydrogen) atoms. The number of halogens is 2. The van der Waals surface area contributed by atoms with E-state index in [9.17, 15) is 18.7 Å². The van der Waals surface area contributed by atoms with Crippen LogP contribution in [0, 0.1) is 0 Å². The average molecular weight is 543 g/mol. The summed E-state index contributed by atoms with van der Waals surface area (Å²) >= 11 is 0. The fourth-order valence-electron chi connectivity index (χ4n) is 4.22. The number of fused-ring (bicyclic) bond motifs is 1. The minimum atomic E-state index is -3.58. The molecule has 1 aliphatic rings. The van der Waals surface area contributed by atoms with E-state index in [1.807, 2.05) is 30.3 Å². The van der Waals surface area contributed by atoms with Gasteiger partial charge in [0.15, 0.2) is 0 Å². The Bertz CT molecular complexity index is 1680. The van der Waals surface area contributed by atoms with Crippen molar-refractivity contribution >= 4 is 23.2 Å². The van der Waals surface area contributed by atoms with Gasteiger partial charge in [0.25, 0.3) is 11.8 Å². The average Bonchev–Trinajstić information content (AvgIpc) is 3.55. The summed E-state index contributed by atoms with van der Waals surface area (Å²) in [6, 6.07) is 13.0. The van der Waals surface area contributed by atoms with E-state index in [2.05, 4.69) is 35.7 Å². The number of aliphatic hydroxyl groups excluding tert-OH is 1. The van der Waals surface area contributed by atoms with Crippen LogP contribution in [0.4, 0.5) is 26.1 Å². The van der Waals surface area contributed by atoms with E-state index in [0.29, 0.717) is 22.6 Å². The molecule has 1 amide bonds. The SMILES string of the molecule is O=C1NC(F)(F)c2nc(Nc3cc(N[C@H](CO)c4ccccc4)c(-c4nc(-c5ccncc5)no4)cn3)ccc21. The number of carbonyl (C=O) groups is 1. The first kappa shape index (κ1) is 25.0. The topological polar surface area (TPSA) is 151 Å². The lowest BCUT2D eigenvalue weighted by Gasteiger charge is -2.20. The molecule has 4 N–H and O–H groups in total. The van der Waals surface area contributed by atoms with Crippen molar-refractivity contribution in [1.82, 2.24) is 30.4 Å². The number of pyridine rings is 3. The largest absolute Gasteiger partial charge is 0.394 e. The van der Waals surface area contributed by atoms with Crippen molar-refractivity contribution in [2.24, 2.45) is 0 Å². The van der Waals surface area contributed by atoms with Crippen LogP contribution in [-0.4, -0.2) is 42.7 Å². The van der Waals surface area contributed by atoms with E-state index >= 15 is 0 Å².